The fourth-order valence-corrected chi connectivity index (χ4v) is 2.89. The van der Waals surface area contributed by atoms with E-state index in [0.29, 0.717) is 5.41 Å². The minimum atomic E-state index is 0.357. The molecule has 0 heteroatoms. The van der Waals surface area contributed by atoms with Crippen LogP contribution >= 0.6 is 0 Å². The van der Waals surface area contributed by atoms with Gasteiger partial charge in [0.25, 0.3) is 0 Å². The smallest absolute Gasteiger partial charge is 0.0203 e. The summed E-state index contributed by atoms with van der Waals surface area (Å²) in [5.74, 6) is 0. The third kappa shape index (κ3) is 19.7. The molecule has 0 amide bonds. The van der Waals surface area contributed by atoms with Gasteiger partial charge in [-0.15, -0.1) is 0 Å². The lowest BCUT2D eigenvalue weighted by Gasteiger charge is -2.10. The second-order valence-corrected chi connectivity index (χ2v) is 8.15. The van der Waals surface area contributed by atoms with Crippen LogP contribution in [0.3, 0.4) is 0 Å². The molecule has 0 aromatic heterocycles. The van der Waals surface area contributed by atoms with E-state index in [1.165, 1.54) is 96.3 Å². The number of unbranched alkanes of at least 4 members (excludes halogenated alkanes) is 14. The van der Waals surface area contributed by atoms with Crippen LogP contribution in [0.5, 0.6) is 0 Å². The van der Waals surface area contributed by atoms with E-state index in [4.69, 9.17) is 0 Å². The molecule has 0 N–H and O–H groups in total. The van der Waals surface area contributed by atoms with Gasteiger partial charge in [0, 0.05) is 0 Å². The van der Waals surface area contributed by atoms with Gasteiger partial charge in [0.1, 0.15) is 0 Å². The summed E-state index contributed by atoms with van der Waals surface area (Å²) in [6.07, 6.45) is 26.3. The molecule has 0 aliphatic rings. The van der Waals surface area contributed by atoms with Gasteiger partial charge in [0.15, 0.2) is 0 Å². The van der Waals surface area contributed by atoms with Crippen LogP contribution < -0.4 is 0 Å². The van der Waals surface area contributed by atoms with Crippen LogP contribution in [-0.2, 0) is 0 Å². The van der Waals surface area contributed by atoms with Gasteiger partial charge in [-0.3, -0.25) is 0 Å². The monoisotopic (exact) mass is 308 g/mol. The number of hydrogen-bond donors (Lipinski definition) is 0. The fraction of sp³-hybridized carbons (Fsp3) is 0.909. The lowest BCUT2D eigenvalue weighted by molar-refractivity contribution is 0.532. The molecule has 0 fully saturated rings. The lowest BCUT2D eigenvalue weighted by atomic mass is 9.95. The molecule has 132 valence electrons. The van der Waals surface area contributed by atoms with Crippen LogP contribution in [0.2, 0.25) is 0 Å². The Kier molecular flexibility index (Phi) is 15.4. The van der Waals surface area contributed by atoms with Crippen LogP contribution in [-0.4, -0.2) is 0 Å². The predicted octanol–water partition coefficient (Wildman–Crippen LogP) is 8.46. The van der Waals surface area contributed by atoms with Gasteiger partial charge in [-0.2, -0.15) is 0 Å². The first-order valence-corrected chi connectivity index (χ1v) is 10.2. The molecule has 22 heavy (non-hydrogen) atoms. The molecule has 0 nitrogen and oxygen atoms in total. The Morgan fingerprint density at radius 1 is 0.545 bits per heavy atom. The average Bonchev–Trinajstić information content (AvgIpc) is 2.45. The van der Waals surface area contributed by atoms with E-state index in [0.717, 1.165) is 0 Å². The molecule has 0 saturated heterocycles. The molecule has 0 atom stereocenters. The summed E-state index contributed by atoms with van der Waals surface area (Å²) in [5, 5.41) is 0. The van der Waals surface area contributed by atoms with Gasteiger partial charge >= 0.3 is 0 Å². The van der Waals surface area contributed by atoms with Gasteiger partial charge in [-0.25, -0.2) is 0 Å². The average molecular weight is 309 g/mol. The maximum absolute atomic E-state index is 2.38. The lowest BCUT2D eigenvalue weighted by Crippen LogP contribution is -1.98. The number of allylic oxidation sites excluding steroid dienone is 2. The maximum atomic E-state index is 2.38. The van der Waals surface area contributed by atoms with E-state index in [1.807, 2.05) is 0 Å². The van der Waals surface area contributed by atoms with Crippen LogP contribution in [0, 0.1) is 5.41 Å². The first kappa shape index (κ1) is 21.7. The molecule has 0 aliphatic carbocycles. The summed E-state index contributed by atoms with van der Waals surface area (Å²) >= 11 is 0. The SMILES string of the molecule is CCCCCCCCCCCCCCCCC=CC(C)(C)C. The third-order valence-corrected chi connectivity index (χ3v) is 4.34. The van der Waals surface area contributed by atoms with Gasteiger partial charge in [0.2, 0.25) is 0 Å². The predicted molar refractivity (Wildman–Crippen MR) is 104 cm³/mol. The van der Waals surface area contributed by atoms with Crippen LogP contribution in [0.1, 0.15) is 124 Å². The Hall–Kier alpha value is -0.260. The zero-order valence-corrected chi connectivity index (χ0v) is 16.3. The Morgan fingerprint density at radius 3 is 1.27 bits per heavy atom. The molecule has 0 aliphatic heterocycles. The maximum Gasteiger partial charge on any atom is -0.0203 e. The van der Waals surface area contributed by atoms with Gasteiger partial charge in [-0.05, 0) is 18.3 Å². The third-order valence-electron chi connectivity index (χ3n) is 4.34. The van der Waals surface area contributed by atoms with Crippen molar-refractivity contribution in [2.45, 2.75) is 124 Å². The summed E-state index contributed by atoms with van der Waals surface area (Å²) in [4.78, 5) is 0. The van der Waals surface area contributed by atoms with E-state index in [1.54, 1.807) is 0 Å². The van der Waals surface area contributed by atoms with E-state index < -0.39 is 0 Å². The molecule has 0 unspecified atom stereocenters. The standard InChI is InChI=1S/C22H44/c1-5-6-7-8-9-10-11-12-13-14-15-16-17-18-19-20-21-22(2,3)4/h20-21H,5-19H2,1-4H3. The molecule has 0 aromatic rings. The zero-order valence-electron chi connectivity index (χ0n) is 16.3. The highest BCUT2D eigenvalue weighted by atomic mass is 14.1. The highest BCUT2D eigenvalue weighted by Gasteiger charge is 2.02. The Morgan fingerprint density at radius 2 is 0.909 bits per heavy atom. The van der Waals surface area contributed by atoms with Gasteiger partial charge in [-0.1, -0.05) is 123 Å². The number of rotatable bonds is 15. The van der Waals surface area contributed by atoms with Crippen molar-refractivity contribution in [3.63, 3.8) is 0 Å². The van der Waals surface area contributed by atoms with E-state index >= 15 is 0 Å². The summed E-state index contributed by atoms with van der Waals surface area (Å²) in [6.45, 7) is 9.11. The highest BCUT2D eigenvalue weighted by Crippen LogP contribution is 2.16. The molecule has 0 rings (SSSR count). The summed E-state index contributed by atoms with van der Waals surface area (Å²) in [6, 6.07) is 0. The normalized spacial score (nSPS) is 12.4. The van der Waals surface area contributed by atoms with E-state index in [2.05, 4.69) is 39.8 Å². The number of hydrogen-bond acceptors (Lipinski definition) is 0. The molecule has 0 spiro atoms. The molecular weight excluding hydrogens is 264 g/mol. The van der Waals surface area contributed by atoms with E-state index in [-0.39, 0.29) is 0 Å². The Balaban J connectivity index is 3.07. The molecule has 0 aromatic carbocycles. The quantitative estimate of drug-likeness (QED) is 0.210. The summed E-state index contributed by atoms with van der Waals surface area (Å²) in [5.41, 5.74) is 0.357. The molecular formula is C22H44. The largest absolute Gasteiger partial charge is 0.0880 e. The van der Waals surface area contributed by atoms with Crippen molar-refractivity contribution in [3.05, 3.63) is 12.2 Å². The van der Waals surface area contributed by atoms with Gasteiger partial charge < -0.3 is 0 Å². The molecule has 0 saturated carbocycles. The Labute approximate surface area is 142 Å². The first-order chi connectivity index (χ1) is 10.6. The van der Waals surface area contributed by atoms with Crippen molar-refractivity contribution in [3.8, 4) is 0 Å². The van der Waals surface area contributed by atoms with Crippen molar-refractivity contribution >= 4 is 0 Å². The van der Waals surface area contributed by atoms with Crippen molar-refractivity contribution in [2.24, 2.45) is 5.41 Å². The van der Waals surface area contributed by atoms with Crippen molar-refractivity contribution in [1.82, 2.24) is 0 Å². The Bertz CT molecular complexity index is 231. The zero-order chi connectivity index (χ0) is 16.5. The minimum Gasteiger partial charge on any atom is -0.0880 e. The molecule has 0 heterocycles. The van der Waals surface area contributed by atoms with Crippen molar-refractivity contribution < 1.29 is 0 Å². The second-order valence-electron chi connectivity index (χ2n) is 8.15. The summed E-state index contributed by atoms with van der Waals surface area (Å²) < 4.78 is 0. The van der Waals surface area contributed by atoms with Crippen molar-refractivity contribution in [1.29, 1.82) is 0 Å². The first-order valence-electron chi connectivity index (χ1n) is 10.2. The highest BCUT2D eigenvalue weighted by molar-refractivity contribution is 4.91. The van der Waals surface area contributed by atoms with Crippen LogP contribution in [0.4, 0.5) is 0 Å². The topological polar surface area (TPSA) is 0 Å². The second kappa shape index (κ2) is 15.6. The van der Waals surface area contributed by atoms with Crippen LogP contribution in [0.25, 0.3) is 0 Å². The fourth-order valence-electron chi connectivity index (χ4n) is 2.89. The van der Waals surface area contributed by atoms with Crippen LogP contribution in [0.15, 0.2) is 12.2 Å². The molecule has 0 radical (unpaired) electrons. The summed E-state index contributed by atoms with van der Waals surface area (Å²) in [7, 11) is 0. The minimum absolute atomic E-state index is 0.357. The van der Waals surface area contributed by atoms with Gasteiger partial charge in [0.05, 0.1) is 0 Å². The molecule has 0 bridgehead atoms. The van der Waals surface area contributed by atoms with E-state index in [9.17, 15) is 0 Å². The van der Waals surface area contributed by atoms with Crippen molar-refractivity contribution in [2.75, 3.05) is 0 Å².